The van der Waals surface area contributed by atoms with Gasteiger partial charge in [-0.05, 0) is 44.6 Å². The monoisotopic (exact) mass is 467 g/mol. The fourth-order valence-corrected chi connectivity index (χ4v) is 4.10. The van der Waals surface area contributed by atoms with Crippen LogP contribution >= 0.6 is 0 Å². The van der Waals surface area contributed by atoms with Crippen molar-refractivity contribution in [3.05, 3.63) is 0 Å². The first kappa shape index (κ1) is 31.9. The van der Waals surface area contributed by atoms with Gasteiger partial charge in [0.2, 0.25) is 11.8 Å². The van der Waals surface area contributed by atoms with Gasteiger partial charge in [-0.15, -0.1) is 0 Å². The molecule has 0 fully saturated rings. The van der Waals surface area contributed by atoms with Gasteiger partial charge in [0, 0.05) is 13.0 Å². The van der Waals surface area contributed by atoms with Gasteiger partial charge in [0.05, 0.1) is 0 Å². The SMILES string of the molecule is CCCCCCCCCCCCCCCCNC(=O)[C@H](CCCCN)NC(=O)CCC(C)C. The molecule has 1 atom stereocenters. The third-order valence-corrected chi connectivity index (χ3v) is 6.38. The molecule has 0 aromatic carbocycles. The summed E-state index contributed by atoms with van der Waals surface area (Å²) < 4.78 is 0. The highest BCUT2D eigenvalue weighted by Gasteiger charge is 2.19. The zero-order valence-corrected chi connectivity index (χ0v) is 22.4. The lowest BCUT2D eigenvalue weighted by Crippen LogP contribution is -2.47. The van der Waals surface area contributed by atoms with Crippen molar-refractivity contribution in [3.63, 3.8) is 0 Å². The molecule has 196 valence electrons. The first-order chi connectivity index (χ1) is 16.0. The summed E-state index contributed by atoms with van der Waals surface area (Å²) in [6.07, 6.45) is 22.4. The maximum absolute atomic E-state index is 12.6. The topological polar surface area (TPSA) is 84.2 Å². The summed E-state index contributed by atoms with van der Waals surface area (Å²) in [5.74, 6) is 0.424. The van der Waals surface area contributed by atoms with E-state index in [0.29, 0.717) is 31.8 Å². The van der Waals surface area contributed by atoms with Gasteiger partial charge in [-0.25, -0.2) is 0 Å². The van der Waals surface area contributed by atoms with Crippen molar-refractivity contribution < 1.29 is 9.59 Å². The second-order valence-corrected chi connectivity index (χ2v) is 10.2. The summed E-state index contributed by atoms with van der Waals surface area (Å²) in [6.45, 7) is 7.81. The van der Waals surface area contributed by atoms with Gasteiger partial charge in [-0.3, -0.25) is 9.59 Å². The van der Waals surface area contributed by atoms with Crippen LogP contribution in [-0.2, 0) is 9.59 Å². The van der Waals surface area contributed by atoms with E-state index in [1.54, 1.807) is 0 Å². The van der Waals surface area contributed by atoms with Gasteiger partial charge in [-0.1, -0.05) is 104 Å². The average molecular weight is 468 g/mol. The van der Waals surface area contributed by atoms with E-state index in [4.69, 9.17) is 5.73 Å². The van der Waals surface area contributed by atoms with Crippen LogP contribution in [0.4, 0.5) is 0 Å². The molecular weight excluding hydrogens is 410 g/mol. The first-order valence-electron chi connectivity index (χ1n) is 14.3. The van der Waals surface area contributed by atoms with E-state index in [1.807, 2.05) is 0 Å². The minimum atomic E-state index is -0.428. The molecule has 0 aliphatic heterocycles. The normalized spacial score (nSPS) is 12.2. The lowest BCUT2D eigenvalue weighted by Gasteiger charge is -2.19. The van der Waals surface area contributed by atoms with Crippen molar-refractivity contribution in [1.29, 1.82) is 0 Å². The molecular formula is C28H57N3O2. The van der Waals surface area contributed by atoms with Crippen LogP contribution in [-0.4, -0.2) is 30.9 Å². The number of hydrogen-bond donors (Lipinski definition) is 3. The highest BCUT2D eigenvalue weighted by Crippen LogP contribution is 2.13. The fraction of sp³-hybridized carbons (Fsp3) is 0.929. The van der Waals surface area contributed by atoms with Crippen molar-refractivity contribution in [2.75, 3.05) is 13.1 Å². The summed E-state index contributed by atoms with van der Waals surface area (Å²) in [6, 6.07) is -0.428. The molecule has 0 aromatic rings. The molecule has 0 heterocycles. The Bertz CT molecular complexity index is 454. The quantitative estimate of drug-likeness (QED) is 0.139. The summed E-state index contributed by atoms with van der Waals surface area (Å²) in [5.41, 5.74) is 5.58. The van der Waals surface area contributed by atoms with Gasteiger partial charge in [0.1, 0.15) is 6.04 Å². The van der Waals surface area contributed by atoms with Crippen LogP contribution in [0, 0.1) is 5.92 Å². The number of carbonyl (C=O) groups is 2. The third kappa shape index (κ3) is 22.5. The molecule has 0 spiro atoms. The van der Waals surface area contributed by atoms with Crippen LogP contribution in [0.15, 0.2) is 0 Å². The van der Waals surface area contributed by atoms with E-state index in [0.717, 1.165) is 32.1 Å². The Labute approximate surface area is 205 Å². The number of rotatable bonds is 24. The van der Waals surface area contributed by atoms with E-state index >= 15 is 0 Å². The van der Waals surface area contributed by atoms with E-state index < -0.39 is 6.04 Å². The number of unbranched alkanes of at least 4 members (excludes halogenated alkanes) is 14. The highest BCUT2D eigenvalue weighted by atomic mass is 16.2. The maximum atomic E-state index is 12.6. The standard InChI is InChI=1S/C28H57N3O2/c1-4-5-6-7-8-9-10-11-12-13-14-15-16-19-24-30-28(33)26(20-17-18-23-29)31-27(32)22-21-25(2)3/h25-26H,4-24,29H2,1-3H3,(H,30,33)(H,31,32)/t26-/m0/s1. The molecule has 0 aliphatic rings. The Morgan fingerprint density at radius 2 is 1.21 bits per heavy atom. The molecule has 2 amide bonds. The van der Waals surface area contributed by atoms with Crippen molar-refractivity contribution >= 4 is 11.8 Å². The van der Waals surface area contributed by atoms with Crippen LogP contribution < -0.4 is 16.4 Å². The number of amides is 2. The lowest BCUT2D eigenvalue weighted by molar-refractivity contribution is -0.129. The summed E-state index contributed by atoms with van der Waals surface area (Å²) in [5, 5.41) is 5.98. The fourth-order valence-electron chi connectivity index (χ4n) is 4.10. The zero-order valence-electron chi connectivity index (χ0n) is 22.4. The summed E-state index contributed by atoms with van der Waals surface area (Å²) >= 11 is 0. The number of carbonyl (C=O) groups excluding carboxylic acids is 2. The molecule has 4 N–H and O–H groups in total. The Morgan fingerprint density at radius 3 is 1.70 bits per heavy atom. The lowest BCUT2D eigenvalue weighted by atomic mass is 10.0. The maximum Gasteiger partial charge on any atom is 0.242 e. The Kier molecular flexibility index (Phi) is 23.2. The number of hydrogen-bond acceptors (Lipinski definition) is 3. The predicted octanol–water partition coefficient (Wildman–Crippen LogP) is 6.63. The minimum Gasteiger partial charge on any atom is -0.354 e. The summed E-state index contributed by atoms with van der Waals surface area (Å²) in [7, 11) is 0. The molecule has 0 bridgehead atoms. The Morgan fingerprint density at radius 1 is 0.697 bits per heavy atom. The van der Waals surface area contributed by atoms with E-state index in [-0.39, 0.29) is 11.8 Å². The Balaban J connectivity index is 3.78. The predicted molar refractivity (Wildman–Crippen MR) is 142 cm³/mol. The third-order valence-electron chi connectivity index (χ3n) is 6.38. The minimum absolute atomic E-state index is 0.0203. The molecule has 0 aromatic heterocycles. The first-order valence-corrected chi connectivity index (χ1v) is 14.3. The molecule has 0 saturated heterocycles. The van der Waals surface area contributed by atoms with Crippen molar-refractivity contribution in [2.24, 2.45) is 11.7 Å². The number of nitrogens with two attached hydrogens (primary N) is 1. The van der Waals surface area contributed by atoms with Crippen LogP contribution in [0.2, 0.25) is 0 Å². The van der Waals surface area contributed by atoms with Crippen molar-refractivity contribution in [1.82, 2.24) is 10.6 Å². The van der Waals surface area contributed by atoms with Crippen LogP contribution in [0.3, 0.4) is 0 Å². The van der Waals surface area contributed by atoms with Crippen LogP contribution in [0.25, 0.3) is 0 Å². The Hall–Kier alpha value is -1.10. The average Bonchev–Trinajstić information content (AvgIpc) is 2.79. The zero-order chi connectivity index (χ0) is 24.6. The second kappa shape index (κ2) is 24.0. The second-order valence-electron chi connectivity index (χ2n) is 10.2. The van der Waals surface area contributed by atoms with Gasteiger partial charge < -0.3 is 16.4 Å². The highest BCUT2D eigenvalue weighted by molar-refractivity contribution is 5.87. The van der Waals surface area contributed by atoms with E-state index in [9.17, 15) is 9.59 Å². The van der Waals surface area contributed by atoms with Crippen molar-refractivity contribution in [2.45, 2.75) is 149 Å². The van der Waals surface area contributed by atoms with Crippen LogP contribution in [0.1, 0.15) is 143 Å². The van der Waals surface area contributed by atoms with Crippen molar-refractivity contribution in [3.8, 4) is 0 Å². The van der Waals surface area contributed by atoms with Gasteiger partial charge in [0.15, 0.2) is 0 Å². The molecule has 33 heavy (non-hydrogen) atoms. The molecule has 0 rings (SSSR count). The van der Waals surface area contributed by atoms with E-state index in [2.05, 4.69) is 31.4 Å². The van der Waals surface area contributed by atoms with Gasteiger partial charge in [-0.2, -0.15) is 0 Å². The molecule has 0 radical (unpaired) electrons. The molecule has 5 heteroatoms. The largest absolute Gasteiger partial charge is 0.354 e. The molecule has 0 aliphatic carbocycles. The smallest absolute Gasteiger partial charge is 0.242 e. The molecule has 0 unspecified atom stereocenters. The molecule has 5 nitrogen and oxygen atoms in total. The van der Waals surface area contributed by atoms with Crippen LogP contribution in [0.5, 0.6) is 0 Å². The number of nitrogens with one attached hydrogen (secondary N) is 2. The van der Waals surface area contributed by atoms with E-state index in [1.165, 1.54) is 77.0 Å². The van der Waals surface area contributed by atoms with Gasteiger partial charge >= 0.3 is 0 Å². The van der Waals surface area contributed by atoms with Gasteiger partial charge in [0.25, 0.3) is 0 Å². The molecule has 0 saturated carbocycles. The summed E-state index contributed by atoms with van der Waals surface area (Å²) in [4.78, 5) is 24.8.